The second-order valence-electron chi connectivity index (χ2n) is 4.83. The van der Waals surface area contributed by atoms with Crippen molar-refractivity contribution in [3.05, 3.63) is 47.2 Å². The number of nitrogens with zero attached hydrogens (tertiary/aromatic N) is 2. The van der Waals surface area contributed by atoms with Crippen molar-refractivity contribution in [1.82, 2.24) is 4.98 Å². The number of halogens is 1. The Morgan fingerprint density at radius 1 is 1.29 bits per heavy atom. The smallest absolute Gasteiger partial charge is 0.264 e. The highest BCUT2D eigenvalue weighted by atomic mass is 35.5. The van der Waals surface area contributed by atoms with Crippen LogP contribution in [0.3, 0.4) is 0 Å². The van der Waals surface area contributed by atoms with Gasteiger partial charge in [-0.3, -0.25) is 9.29 Å². The summed E-state index contributed by atoms with van der Waals surface area (Å²) >= 11 is 5.85. The summed E-state index contributed by atoms with van der Waals surface area (Å²) < 4.78 is 27.0. The Morgan fingerprint density at radius 2 is 2.10 bits per heavy atom. The maximum Gasteiger partial charge on any atom is 0.264 e. The number of nitrogen functional groups attached to an aromatic ring is 1. The second-order valence-corrected chi connectivity index (χ2v) is 7.10. The molecule has 0 bridgehead atoms. The van der Waals surface area contributed by atoms with E-state index in [1.807, 2.05) is 0 Å². The van der Waals surface area contributed by atoms with Crippen LogP contribution in [0.2, 0.25) is 5.02 Å². The first-order chi connectivity index (χ1) is 10.00. The molecule has 0 amide bonds. The summed E-state index contributed by atoms with van der Waals surface area (Å²) in [5, 5.41) is 0.342. The number of sulfonamides is 1. The van der Waals surface area contributed by atoms with Crippen molar-refractivity contribution >= 4 is 33.0 Å². The quantitative estimate of drug-likeness (QED) is 0.861. The lowest BCUT2D eigenvalue weighted by molar-refractivity contribution is 0.586. The van der Waals surface area contributed by atoms with Gasteiger partial charge in [-0.15, -0.1) is 0 Å². The maximum atomic E-state index is 12.8. The molecule has 7 heteroatoms. The first kappa shape index (κ1) is 14.2. The molecule has 2 aromatic rings. The first-order valence-corrected chi connectivity index (χ1v) is 8.33. The average Bonchev–Trinajstić information content (AvgIpc) is 2.49. The Morgan fingerprint density at radius 3 is 2.86 bits per heavy atom. The Kier molecular flexibility index (Phi) is 3.51. The normalized spacial score (nSPS) is 14.8. The summed E-state index contributed by atoms with van der Waals surface area (Å²) in [6.07, 6.45) is 3.20. The molecule has 0 fully saturated rings. The fourth-order valence-corrected chi connectivity index (χ4v) is 4.10. The Balaban J connectivity index is 2.09. The van der Waals surface area contributed by atoms with Gasteiger partial charge in [0.15, 0.2) is 0 Å². The Bertz CT molecular complexity index is 793. The molecule has 1 aliphatic rings. The summed E-state index contributed by atoms with van der Waals surface area (Å²) in [5.74, 6) is 0. The van der Waals surface area contributed by atoms with E-state index in [9.17, 15) is 8.42 Å². The minimum Gasteiger partial charge on any atom is -0.397 e. The molecule has 110 valence electrons. The number of anilines is 2. The van der Waals surface area contributed by atoms with Gasteiger partial charge in [0.25, 0.3) is 10.0 Å². The third kappa shape index (κ3) is 2.45. The maximum absolute atomic E-state index is 12.8. The standard InChI is InChI=1S/C14H14ClN3O2S/c15-11-6-5-10(9-12(11)16)21(19,20)18-8-2-3-13-14(18)4-1-7-17-13/h1,4-7,9H,2-3,8,16H2. The van der Waals surface area contributed by atoms with Gasteiger partial charge in [0.1, 0.15) is 0 Å². The molecule has 0 unspecified atom stereocenters. The van der Waals surface area contributed by atoms with Crippen LogP contribution in [0.15, 0.2) is 41.4 Å². The number of benzene rings is 1. The molecule has 0 saturated heterocycles. The summed E-state index contributed by atoms with van der Waals surface area (Å²) in [4.78, 5) is 4.40. The number of hydrogen-bond donors (Lipinski definition) is 1. The molecule has 2 heterocycles. The SMILES string of the molecule is Nc1cc(S(=O)(=O)N2CCCc3ncccc32)ccc1Cl. The van der Waals surface area contributed by atoms with Crippen LogP contribution in [-0.4, -0.2) is 19.9 Å². The number of hydrogen-bond acceptors (Lipinski definition) is 4. The van der Waals surface area contributed by atoms with Crippen LogP contribution in [0.4, 0.5) is 11.4 Å². The Hall–Kier alpha value is -1.79. The van der Waals surface area contributed by atoms with E-state index in [-0.39, 0.29) is 10.6 Å². The van der Waals surface area contributed by atoms with Crippen molar-refractivity contribution in [2.75, 3.05) is 16.6 Å². The highest BCUT2D eigenvalue weighted by molar-refractivity contribution is 7.92. The van der Waals surface area contributed by atoms with E-state index in [1.165, 1.54) is 22.5 Å². The third-order valence-corrected chi connectivity index (χ3v) is 5.62. The molecule has 5 nitrogen and oxygen atoms in total. The van der Waals surface area contributed by atoms with Crippen molar-refractivity contribution < 1.29 is 8.42 Å². The van der Waals surface area contributed by atoms with Crippen molar-refractivity contribution in [1.29, 1.82) is 0 Å². The topological polar surface area (TPSA) is 76.3 Å². The molecule has 0 spiro atoms. The fourth-order valence-electron chi connectivity index (χ4n) is 2.42. The van der Waals surface area contributed by atoms with Gasteiger partial charge in [-0.2, -0.15) is 0 Å². The lowest BCUT2D eigenvalue weighted by Gasteiger charge is -2.29. The zero-order valence-corrected chi connectivity index (χ0v) is 12.7. The zero-order chi connectivity index (χ0) is 15.0. The Labute approximate surface area is 128 Å². The van der Waals surface area contributed by atoms with Gasteiger partial charge in [-0.05, 0) is 43.2 Å². The highest BCUT2D eigenvalue weighted by Crippen LogP contribution is 2.32. The molecule has 0 radical (unpaired) electrons. The largest absolute Gasteiger partial charge is 0.397 e. The third-order valence-electron chi connectivity index (χ3n) is 3.47. The van der Waals surface area contributed by atoms with Crippen LogP contribution in [0.5, 0.6) is 0 Å². The molecule has 1 aromatic heterocycles. The molecule has 3 rings (SSSR count). The van der Waals surface area contributed by atoms with E-state index >= 15 is 0 Å². The van der Waals surface area contributed by atoms with Crippen LogP contribution in [0.25, 0.3) is 0 Å². The molecular weight excluding hydrogens is 310 g/mol. The van der Waals surface area contributed by atoms with Crippen molar-refractivity contribution in [3.63, 3.8) is 0 Å². The minimum atomic E-state index is -3.66. The highest BCUT2D eigenvalue weighted by Gasteiger charge is 2.29. The lowest BCUT2D eigenvalue weighted by atomic mass is 10.1. The van der Waals surface area contributed by atoms with E-state index < -0.39 is 10.0 Å². The molecule has 0 atom stereocenters. The van der Waals surface area contributed by atoms with Gasteiger partial charge in [0, 0.05) is 12.7 Å². The summed E-state index contributed by atoms with van der Waals surface area (Å²) in [6.45, 7) is 0.434. The molecule has 0 saturated carbocycles. The van der Waals surface area contributed by atoms with Gasteiger partial charge in [0.05, 0.1) is 27.0 Å². The average molecular weight is 324 g/mol. The molecule has 1 aliphatic heterocycles. The molecule has 0 aliphatic carbocycles. The van der Waals surface area contributed by atoms with Crippen LogP contribution in [0, 0.1) is 0 Å². The number of fused-ring (bicyclic) bond motifs is 1. The predicted octanol–water partition coefficient (Wildman–Crippen LogP) is 2.46. The van der Waals surface area contributed by atoms with Crippen molar-refractivity contribution in [2.45, 2.75) is 17.7 Å². The van der Waals surface area contributed by atoms with Gasteiger partial charge in [-0.1, -0.05) is 11.6 Å². The van der Waals surface area contributed by atoms with Gasteiger partial charge in [0.2, 0.25) is 0 Å². The monoisotopic (exact) mass is 323 g/mol. The second kappa shape index (κ2) is 5.20. The van der Waals surface area contributed by atoms with Crippen molar-refractivity contribution in [3.8, 4) is 0 Å². The van der Waals surface area contributed by atoms with Crippen LogP contribution < -0.4 is 10.0 Å². The number of nitrogens with two attached hydrogens (primary N) is 1. The van der Waals surface area contributed by atoms with Crippen molar-refractivity contribution in [2.24, 2.45) is 0 Å². The van der Waals surface area contributed by atoms with E-state index in [1.54, 1.807) is 18.3 Å². The van der Waals surface area contributed by atoms with Gasteiger partial charge < -0.3 is 5.73 Å². The number of aromatic nitrogens is 1. The van der Waals surface area contributed by atoms with E-state index in [2.05, 4.69) is 4.98 Å². The molecule has 1 aromatic carbocycles. The molecular formula is C14H14ClN3O2S. The van der Waals surface area contributed by atoms with E-state index in [4.69, 9.17) is 17.3 Å². The number of pyridine rings is 1. The van der Waals surface area contributed by atoms with Crippen LogP contribution in [-0.2, 0) is 16.4 Å². The summed E-state index contributed by atoms with van der Waals surface area (Å²) in [5.41, 5.74) is 7.40. The predicted molar refractivity (Wildman–Crippen MR) is 83.0 cm³/mol. The molecule has 2 N–H and O–H groups in total. The van der Waals surface area contributed by atoms with Crippen LogP contribution >= 0.6 is 11.6 Å². The fraction of sp³-hybridized carbons (Fsp3) is 0.214. The van der Waals surface area contributed by atoms with E-state index in [0.717, 1.165) is 18.5 Å². The zero-order valence-electron chi connectivity index (χ0n) is 11.2. The number of rotatable bonds is 2. The van der Waals surface area contributed by atoms with Gasteiger partial charge >= 0.3 is 0 Å². The van der Waals surface area contributed by atoms with Gasteiger partial charge in [-0.25, -0.2) is 8.42 Å². The lowest BCUT2D eigenvalue weighted by Crippen LogP contribution is -2.35. The first-order valence-electron chi connectivity index (χ1n) is 6.52. The van der Waals surface area contributed by atoms with Crippen LogP contribution in [0.1, 0.15) is 12.1 Å². The molecule has 21 heavy (non-hydrogen) atoms. The van der Waals surface area contributed by atoms with E-state index in [0.29, 0.717) is 17.3 Å². The number of aryl methyl sites for hydroxylation is 1. The minimum absolute atomic E-state index is 0.140. The summed E-state index contributed by atoms with van der Waals surface area (Å²) in [6, 6.07) is 7.88. The summed E-state index contributed by atoms with van der Waals surface area (Å²) in [7, 11) is -3.66.